The molecule has 0 saturated heterocycles. The van der Waals surface area contributed by atoms with Crippen LogP contribution in [0.1, 0.15) is 34.6 Å². The van der Waals surface area contributed by atoms with Gasteiger partial charge in [0.25, 0.3) is 17.7 Å². The van der Waals surface area contributed by atoms with Crippen LogP contribution >= 0.6 is 34.8 Å². The first-order valence-electron chi connectivity index (χ1n) is 11.3. The molecule has 0 spiro atoms. The zero-order chi connectivity index (χ0) is 27.6. The van der Waals surface area contributed by atoms with Crippen LogP contribution in [0, 0.1) is 0 Å². The number of nitrogens with one attached hydrogen (secondary N) is 2. The van der Waals surface area contributed by atoms with Crippen molar-refractivity contribution in [2.45, 2.75) is 20.0 Å². The molecule has 4 rings (SSSR count). The fourth-order valence-corrected chi connectivity index (χ4v) is 4.35. The van der Waals surface area contributed by atoms with Gasteiger partial charge in [-0.1, -0.05) is 46.9 Å². The average molecular weight is 573 g/mol. The third-order valence-corrected chi connectivity index (χ3v) is 6.01. The topological polar surface area (TPSA) is 105 Å². The highest BCUT2D eigenvalue weighted by Crippen LogP contribution is 2.31. The Bertz CT molecular complexity index is 1480. The molecule has 0 radical (unpaired) electrons. The summed E-state index contributed by atoms with van der Waals surface area (Å²) >= 11 is 18.2. The minimum absolute atomic E-state index is 0.154. The number of esters is 1. The Morgan fingerprint density at radius 2 is 1.47 bits per heavy atom. The van der Waals surface area contributed by atoms with Crippen molar-refractivity contribution in [2.75, 3.05) is 15.5 Å². The van der Waals surface area contributed by atoms with Gasteiger partial charge in [-0.2, -0.15) is 0 Å². The Hall–Kier alpha value is -3.85. The molecule has 3 aromatic carbocycles. The Balaban J connectivity index is 1.53. The largest absolute Gasteiger partial charge is 0.459 e. The Kier molecular flexibility index (Phi) is 8.06. The first-order valence-corrected chi connectivity index (χ1v) is 12.4. The van der Waals surface area contributed by atoms with Crippen LogP contribution < -0.4 is 15.5 Å². The third kappa shape index (κ3) is 5.99. The number of rotatable bonds is 7. The molecule has 11 heteroatoms. The smallest absolute Gasteiger partial charge is 0.338 e. The van der Waals surface area contributed by atoms with Crippen LogP contribution in [0.25, 0.3) is 0 Å². The molecule has 2 N–H and O–H groups in total. The van der Waals surface area contributed by atoms with Crippen LogP contribution in [0.15, 0.2) is 77.5 Å². The van der Waals surface area contributed by atoms with E-state index in [1.807, 2.05) is 0 Å². The van der Waals surface area contributed by atoms with Crippen molar-refractivity contribution >= 4 is 75.6 Å². The predicted molar refractivity (Wildman–Crippen MR) is 147 cm³/mol. The van der Waals surface area contributed by atoms with E-state index < -0.39 is 23.7 Å². The molecule has 0 unspecified atom stereocenters. The standard InChI is InChI=1S/C27H20Cl3N3O5/c1-14(2)38-27(37)16-6-4-8-21(10-16)33-25(35)22(30)23(26(33)36)31-19-7-3-5-15(9-19)24(34)32-20-12-17(28)11-18(29)13-20/h3-14,31H,1-2H3,(H,32,34). The highest BCUT2D eigenvalue weighted by atomic mass is 35.5. The first-order chi connectivity index (χ1) is 18.0. The third-order valence-electron chi connectivity index (χ3n) is 5.22. The highest BCUT2D eigenvalue weighted by Gasteiger charge is 2.39. The van der Waals surface area contributed by atoms with E-state index in [1.54, 1.807) is 44.2 Å². The summed E-state index contributed by atoms with van der Waals surface area (Å²) in [6.07, 6.45) is -0.339. The van der Waals surface area contributed by atoms with E-state index in [0.29, 0.717) is 21.4 Å². The van der Waals surface area contributed by atoms with Crippen LogP contribution in [0.2, 0.25) is 10.0 Å². The number of carbonyl (C=O) groups excluding carboxylic acids is 4. The highest BCUT2D eigenvalue weighted by molar-refractivity contribution is 6.53. The molecule has 0 fully saturated rings. The summed E-state index contributed by atoms with van der Waals surface area (Å²) in [4.78, 5) is 52.0. The van der Waals surface area contributed by atoms with Gasteiger partial charge in [-0.15, -0.1) is 0 Å². The summed E-state index contributed by atoms with van der Waals surface area (Å²) in [5, 5.41) is 5.92. The summed E-state index contributed by atoms with van der Waals surface area (Å²) in [7, 11) is 0. The van der Waals surface area contributed by atoms with E-state index in [0.717, 1.165) is 4.90 Å². The van der Waals surface area contributed by atoms with Gasteiger partial charge < -0.3 is 15.4 Å². The molecule has 8 nitrogen and oxygen atoms in total. The van der Waals surface area contributed by atoms with Crippen molar-refractivity contribution in [3.8, 4) is 0 Å². The lowest BCUT2D eigenvalue weighted by Crippen LogP contribution is -2.32. The zero-order valence-corrected chi connectivity index (χ0v) is 22.3. The van der Waals surface area contributed by atoms with Gasteiger partial charge >= 0.3 is 5.97 Å². The number of imide groups is 1. The molecule has 1 aliphatic heterocycles. The monoisotopic (exact) mass is 571 g/mol. The van der Waals surface area contributed by atoms with E-state index >= 15 is 0 Å². The van der Waals surface area contributed by atoms with E-state index in [-0.39, 0.29) is 33.6 Å². The molecular weight excluding hydrogens is 553 g/mol. The fraction of sp³-hybridized carbons (Fsp3) is 0.111. The molecule has 0 atom stereocenters. The maximum Gasteiger partial charge on any atom is 0.338 e. The molecule has 38 heavy (non-hydrogen) atoms. The summed E-state index contributed by atoms with van der Waals surface area (Å²) in [6, 6.07) is 16.8. The lowest BCUT2D eigenvalue weighted by Gasteiger charge is -2.16. The Morgan fingerprint density at radius 3 is 2.16 bits per heavy atom. The number of anilines is 3. The minimum Gasteiger partial charge on any atom is -0.459 e. The van der Waals surface area contributed by atoms with Gasteiger partial charge in [-0.05, 0) is 68.4 Å². The number of nitrogens with zero attached hydrogens (tertiary/aromatic N) is 1. The molecule has 0 aliphatic carbocycles. The second-order valence-corrected chi connectivity index (χ2v) is 9.71. The van der Waals surface area contributed by atoms with Gasteiger partial charge in [0.1, 0.15) is 10.7 Å². The van der Waals surface area contributed by atoms with Crippen LogP contribution in [0.5, 0.6) is 0 Å². The molecule has 3 aromatic rings. The second-order valence-electron chi connectivity index (χ2n) is 8.46. The van der Waals surface area contributed by atoms with Crippen molar-refractivity contribution in [3.05, 3.63) is 98.6 Å². The van der Waals surface area contributed by atoms with Crippen molar-refractivity contribution in [1.82, 2.24) is 0 Å². The Labute approximate surface area is 233 Å². The molecule has 0 bridgehead atoms. The zero-order valence-electron chi connectivity index (χ0n) is 20.1. The lowest BCUT2D eigenvalue weighted by molar-refractivity contribution is -0.120. The summed E-state index contributed by atoms with van der Waals surface area (Å²) < 4.78 is 5.19. The van der Waals surface area contributed by atoms with E-state index in [9.17, 15) is 19.2 Å². The fourth-order valence-electron chi connectivity index (χ4n) is 3.61. The number of benzene rings is 3. The van der Waals surface area contributed by atoms with Crippen LogP contribution in [0.3, 0.4) is 0 Å². The number of hydrogen-bond donors (Lipinski definition) is 2. The number of ether oxygens (including phenoxy) is 1. The molecule has 0 aromatic heterocycles. The van der Waals surface area contributed by atoms with Gasteiger partial charge in [0.2, 0.25) is 0 Å². The molecular formula is C27H20Cl3N3O5. The maximum atomic E-state index is 13.2. The van der Waals surface area contributed by atoms with Crippen molar-refractivity contribution in [1.29, 1.82) is 0 Å². The SMILES string of the molecule is CC(C)OC(=O)c1cccc(N2C(=O)C(Cl)=C(Nc3cccc(C(=O)Nc4cc(Cl)cc(Cl)c4)c3)C2=O)c1. The van der Waals surface area contributed by atoms with E-state index in [1.165, 1.54) is 36.4 Å². The summed E-state index contributed by atoms with van der Waals surface area (Å²) in [5.41, 5.74) is 1.16. The predicted octanol–water partition coefficient (Wildman–Crippen LogP) is 6.25. The number of carbonyl (C=O) groups is 4. The minimum atomic E-state index is -0.764. The molecule has 1 heterocycles. The second kappa shape index (κ2) is 11.3. The molecule has 0 saturated carbocycles. The van der Waals surface area contributed by atoms with Gasteiger partial charge in [-0.3, -0.25) is 14.4 Å². The Morgan fingerprint density at radius 1 is 0.816 bits per heavy atom. The van der Waals surface area contributed by atoms with E-state index in [2.05, 4.69) is 10.6 Å². The molecule has 194 valence electrons. The van der Waals surface area contributed by atoms with E-state index in [4.69, 9.17) is 39.5 Å². The van der Waals surface area contributed by atoms with Crippen molar-refractivity contribution in [2.24, 2.45) is 0 Å². The first kappa shape index (κ1) is 27.2. The van der Waals surface area contributed by atoms with Crippen molar-refractivity contribution in [3.63, 3.8) is 0 Å². The van der Waals surface area contributed by atoms with Gasteiger partial charge in [0.05, 0.1) is 17.4 Å². The quantitative estimate of drug-likeness (QED) is 0.256. The summed E-state index contributed by atoms with van der Waals surface area (Å²) in [6.45, 7) is 3.42. The van der Waals surface area contributed by atoms with Crippen LogP contribution in [0.4, 0.5) is 17.1 Å². The lowest BCUT2D eigenvalue weighted by atomic mass is 10.1. The van der Waals surface area contributed by atoms with Gasteiger partial charge in [-0.25, -0.2) is 9.69 Å². The average Bonchev–Trinajstić information content (AvgIpc) is 3.06. The van der Waals surface area contributed by atoms with Crippen LogP contribution in [-0.2, 0) is 14.3 Å². The molecule has 3 amide bonds. The normalized spacial score (nSPS) is 13.3. The summed E-state index contributed by atoms with van der Waals surface area (Å²) in [5.74, 6) is -2.53. The number of hydrogen-bond acceptors (Lipinski definition) is 6. The van der Waals surface area contributed by atoms with Crippen molar-refractivity contribution < 1.29 is 23.9 Å². The van der Waals surface area contributed by atoms with Gasteiger partial charge in [0, 0.05) is 27.0 Å². The number of amides is 3. The van der Waals surface area contributed by atoms with Crippen LogP contribution in [-0.4, -0.2) is 29.8 Å². The van der Waals surface area contributed by atoms with Gasteiger partial charge in [0.15, 0.2) is 0 Å². The maximum absolute atomic E-state index is 13.2. The molecule has 1 aliphatic rings. The number of halogens is 3.